The molecule has 0 radical (unpaired) electrons. The molecule has 0 unspecified atom stereocenters. The highest BCUT2D eigenvalue weighted by molar-refractivity contribution is 6.08. The molecule has 3 heterocycles. The van der Waals surface area contributed by atoms with Crippen LogP contribution in [0, 0.1) is 5.92 Å². The van der Waals surface area contributed by atoms with Gasteiger partial charge in [-0.2, -0.15) is 5.10 Å². The lowest BCUT2D eigenvalue weighted by atomic mass is 9.90. The molecule has 1 amide bonds. The van der Waals surface area contributed by atoms with Crippen LogP contribution in [0.15, 0.2) is 65.6 Å². The quantitative estimate of drug-likeness (QED) is 0.462. The Kier molecular flexibility index (Phi) is 5.75. The lowest BCUT2D eigenvalue weighted by molar-refractivity contribution is -0.136. The van der Waals surface area contributed by atoms with E-state index in [9.17, 15) is 9.59 Å². The van der Waals surface area contributed by atoms with E-state index < -0.39 is 6.04 Å². The molecule has 0 bridgehead atoms. The summed E-state index contributed by atoms with van der Waals surface area (Å²) in [7, 11) is 1.66. The van der Waals surface area contributed by atoms with Crippen LogP contribution in [-0.4, -0.2) is 38.2 Å². The van der Waals surface area contributed by atoms with Crippen molar-refractivity contribution in [2.45, 2.75) is 38.6 Å². The number of nitrogens with zero attached hydrogens (tertiary/aromatic N) is 4. The molecule has 5 rings (SSSR count). The molecule has 2 aromatic heterocycles. The Balaban J connectivity index is 1.44. The van der Waals surface area contributed by atoms with Gasteiger partial charge in [0.25, 0.3) is 5.56 Å². The van der Waals surface area contributed by atoms with E-state index in [1.165, 1.54) is 10.2 Å². The fraction of sp³-hybridized carbons (Fsp3) is 0.370. The summed E-state index contributed by atoms with van der Waals surface area (Å²) >= 11 is 0. The number of aryl methyl sites for hydroxylation is 1. The Morgan fingerprint density at radius 3 is 2.45 bits per heavy atom. The molecule has 1 saturated heterocycles. The minimum atomic E-state index is -0.409. The molecule has 2 aromatic carbocycles. The highest BCUT2D eigenvalue weighted by atomic mass is 16.2. The molecule has 0 saturated carbocycles. The zero-order valence-electron chi connectivity index (χ0n) is 19.3. The SMILES string of the molecule is CC[C@H](C(=O)N1CCC(Cc2ccccc2)CC1)n1c2ccccc2c2cnn(C)c(=O)c21. The van der Waals surface area contributed by atoms with Crippen molar-refractivity contribution >= 4 is 27.7 Å². The summed E-state index contributed by atoms with van der Waals surface area (Å²) in [6, 6.07) is 18.1. The first-order valence-corrected chi connectivity index (χ1v) is 11.9. The van der Waals surface area contributed by atoms with Gasteiger partial charge >= 0.3 is 0 Å². The van der Waals surface area contributed by atoms with Gasteiger partial charge in [0.1, 0.15) is 11.6 Å². The second-order valence-corrected chi connectivity index (χ2v) is 9.11. The van der Waals surface area contributed by atoms with Crippen LogP contribution >= 0.6 is 0 Å². The molecular weight excluding hydrogens is 412 g/mol. The average molecular weight is 443 g/mol. The largest absolute Gasteiger partial charge is 0.341 e. The highest BCUT2D eigenvalue weighted by Gasteiger charge is 2.31. The summed E-state index contributed by atoms with van der Waals surface area (Å²) < 4.78 is 3.32. The predicted octanol–water partition coefficient (Wildman–Crippen LogP) is 4.32. The minimum Gasteiger partial charge on any atom is -0.341 e. The van der Waals surface area contributed by atoms with Crippen LogP contribution in [0.1, 0.15) is 37.8 Å². The molecule has 6 heteroatoms. The van der Waals surface area contributed by atoms with Gasteiger partial charge < -0.3 is 9.47 Å². The maximum absolute atomic E-state index is 13.8. The number of likely N-dealkylation sites (tertiary alicyclic amines) is 1. The average Bonchev–Trinajstić information content (AvgIpc) is 3.18. The van der Waals surface area contributed by atoms with Crippen molar-refractivity contribution in [1.29, 1.82) is 0 Å². The Morgan fingerprint density at radius 2 is 1.73 bits per heavy atom. The zero-order valence-corrected chi connectivity index (χ0v) is 19.3. The minimum absolute atomic E-state index is 0.108. The Hall–Kier alpha value is -3.41. The van der Waals surface area contributed by atoms with Crippen molar-refractivity contribution < 1.29 is 4.79 Å². The number of fused-ring (bicyclic) bond motifs is 3. The van der Waals surface area contributed by atoms with Crippen molar-refractivity contribution in [2.24, 2.45) is 13.0 Å². The number of carbonyl (C=O) groups excluding carboxylic acids is 1. The van der Waals surface area contributed by atoms with Crippen LogP contribution in [0.2, 0.25) is 0 Å². The first kappa shape index (κ1) is 21.4. The predicted molar refractivity (Wildman–Crippen MR) is 131 cm³/mol. The number of rotatable bonds is 5. The summed E-state index contributed by atoms with van der Waals surface area (Å²) in [5.74, 6) is 0.709. The smallest absolute Gasteiger partial charge is 0.291 e. The van der Waals surface area contributed by atoms with Gasteiger partial charge in [0, 0.05) is 30.9 Å². The monoisotopic (exact) mass is 442 g/mol. The van der Waals surface area contributed by atoms with E-state index >= 15 is 0 Å². The number of carbonyl (C=O) groups is 1. The van der Waals surface area contributed by atoms with Gasteiger partial charge in [-0.3, -0.25) is 9.59 Å². The Morgan fingerprint density at radius 1 is 1.03 bits per heavy atom. The standard InChI is InChI=1S/C27H30N4O2/c1-3-23(26(32)30-15-13-20(14-16-30)17-19-9-5-4-6-10-19)31-24-12-8-7-11-21(24)22-18-28-29(2)27(33)25(22)31/h4-12,18,20,23H,3,13-17H2,1-2H3/t23-/m1/s1. The number of hydrogen-bond donors (Lipinski definition) is 0. The Labute approximate surface area is 193 Å². The molecule has 6 nitrogen and oxygen atoms in total. The topological polar surface area (TPSA) is 60.1 Å². The first-order chi connectivity index (χ1) is 16.1. The number of para-hydroxylation sites is 1. The van der Waals surface area contributed by atoms with Crippen LogP contribution in [-0.2, 0) is 18.3 Å². The van der Waals surface area contributed by atoms with Crippen LogP contribution in [0.25, 0.3) is 21.8 Å². The van der Waals surface area contributed by atoms with Crippen LogP contribution < -0.4 is 5.56 Å². The number of piperidine rings is 1. The number of benzene rings is 2. The summed E-state index contributed by atoms with van der Waals surface area (Å²) in [5, 5.41) is 6.00. The molecule has 1 aliphatic rings. The zero-order chi connectivity index (χ0) is 22.9. The lowest BCUT2D eigenvalue weighted by Gasteiger charge is -2.35. The first-order valence-electron chi connectivity index (χ1n) is 11.9. The summed E-state index contributed by atoms with van der Waals surface area (Å²) in [4.78, 5) is 28.9. The van der Waals surface area contributed by atoms with Crippen LogP contribution in [0.3, 0.4) is 0 Å². The normalized spacial score (nSPS) is 15.9. The summed E-state index contributed by atoms with van der Waals surface area (Å²) in [6.45, 7) is 3.56. The van der Waals surface area contributed by atoms with E-state index in [1.807, 2.05) is 46.7 Å². The molecule has 33 heavy (non-hydrogen) atoms. The van der Waals surface area contributed by atoms with Gasteiger partial charge in [0.05, 0.1) is 11.7 Å². The maximum atomic E-state index is 13.8. The molecule has 1 atom stereocenters. The van der Waals surface area contributed by atoms with Crippen molar-refractivity contribution in [1.82, 2.24) is 19.2 Å². The molecule has 0 aliphatic carbocycles. The maximum Gasteiger partial charge on any atom is 0.291 e. The number of hydrogen-bond acceptors (Lipinski definition) is 3. The third-order valence-electron chi connectivity index (χ3n) is 7.08. The van der Waals surface area contributed by atoms with Crippen molar-refractivity contribution in [2.75, 3.05) is 13.1 Å². The van der Waals surface area contributed by atoms with E-state index in [-0.39, 0.29) is 11.5 Å². The molecule has 170 valence electrons. The second-order valence-electron chi connectivity index (χ2n) is 9.11. The van der Waals surface area contributed by atoms with E-state index in [0.29, 0.717) is 17.9 Å². The third-order valence-corrected chi connectivity index (χ3v) is 7.08. The van der Waals surface area contributed by atoms with Crippen molar-refractivity contribution in [3.05, 3.63) is 76.7 Å². The molecule has 1 aliphatic heterocycles. The second kappa shape index (κ2) is 8.85. The number of amides is 1. The van der Waals surface area contributed by atoms with Gasteiger partial charge in [-0.05, 0) is 43.2 Å². The highest BCUT2D eigenvalue weighted by Crippen LogP contribution is 2.32. The molecule has 4 aromatic rings. The van der Waals surface area contributed by atoms with Crippen LogP contribution in [0.4, 0.5) is 0 Å². The summed E-state index contributed by atoms with van der Waals surface area (Å²) in [6.07, 6.45) is 5.45. The lowest BCUT2D eigenvalue weighted by Crippen LogP contribution is -2.43. The molecular formula is C27H30N4O2. The van der Waals surface area contributed by atoms with Crippen molar-refractivity contribution in [3.63, 3.8) is 0 Å². The van der Waals surface area contributed by atoms with E-state index in [4.69, 9.17) is 0 Å². The Bertz CT molecular complexity index is 1350. The fourth-order valence-corrected chi connectivity index (χ4v) is 5.30. The van der Waals surface area contributed by atoms with Gasteiger partial charge in [-0.15, -0.1) is 0 Å². The van der Waals surface area contributed by atoms with E-state index in [1.54, 1.807) is 13.2 Å². The van der Waals surface area contributed by atoms with Gasteiger partial charge in [0.15, 0.2) is 0 Å². The summed E-state index contributed by atoms with van der Waals surface area (Å²) in [5.41, 5.74) is 2.67. The van der Waals surface area contributed by atoms with Gasteiger partial charge in [-0.1, -0.05) is 55.5 Å². The van der Waals surface area contributed by atoms with Gasteiger partial charge in [-0.25, -0.2) is 4.68 Å². The number of aromatic nitrogens is 3. The molecule has 0 N–H and O–H groups in total. The molecule has 1 fully saturated rings. The third kappa shape index (κ3) is 3.84. The van der Waals surface area contributed by atoms with E-state index in [2.05, 4.69) is 29.4 Å². The van der Waals surface area contributed by atoms with E-state index in [0.717, 1.165) is 48.6 Å². The fourth-order valence-electron chi connectivity index (χ4n) is 5.30. The molecule has 0 spiro atoms. The van der Waals surface area contributed by atoms with Crippen LogP contribution in [0.5, 0.6) is 0 Å². The van der Waals surface area contributed by atoms with Crippen molar-refractivity contribution in [3.8, 4) is 0 Å². The van der Waals surface area contributed by atoms with Gasteiger partial charge in [0.2, 0.25) is 5.91 Å².